The molecule has 0 radical (unpaired) electrons. The Morgan fingerprint density at radius 2 is 1.81 bits per heavy atom. The van der Waals surface area contributed by atoms with Crippen LogP contribution < -0.4 is 9.62 Å². The third kappa shape index (κ3) is 5.56. The van der Waals surface area contributed by atoms with Gasteiger partial charge in [0.15, 0.2) is 0 Å². The normalized spacial score (nSPS) is 18.3. The van der Waals surface area contributed by atoms with E-state index in [1.807, 2.05) is 35.4 Å². The van der Waals surface area contributed by atoms with Crippen molar-refractivity contribution in [1.82, 2.24) is 9.62 Å². The van der Waals surface area contributed by atoms with Gasteiger partial charge < -0.3 is 14.9 Å². The van der Waals surface area contributed by atoms with Crippen molar-refractivity contribution in [3.8, 4) is 0 Å². The number of rotatable bonds is 7. The van der Waals surface area contributed by atoms with Gasteiger partial charge in [0.2, 0.25) is 0 Å². The van der Waals surface area contributed by atoms with E-state index in [4.69, 9.17) is 0 Å². The number of aliphatic hydroxyl groups is 1. The lowest BCUT2D eigenvalue weighted by atomic mass is 9.97. The molecular formula is C23H28F3N3OS2. The summed E-state index contributed by atoms with van der Waals surface area (Å²) in [5.74, 6) is 0.648. The van der Waals surface area contributed by atoms with Crippen LogP contribution in [0.5, 0.6) is 0 Å². The minimum Gasteiger partial charge on any atom is -0.390 e. The molecule has 1 atom stereocenters. The number of hydrogen-bond acceptors (Lipinski definition) is 6. The van der Waals surface area contributed by atoms with Crippen LogP contribution in [0, 0.1) is 5.92 Å². The number of hydrogen-bond donors (Lipinski definition) is 2. The SMILES string of the molecule is CSNCC1CCN(CC(O)CN2c3ccccc3Sc3ccc(C(F)(F)F)cc32)CC1. The van der Waals surface area contributed by atoms with E-state index in [1.54, 1.807) is 11.9 Å². The second-order valence-corrected chi connectivity index (χ2v) is 10.1. The van der Waals surface area contributed by atoms with Gasteiger partial charge in [-0.3, -0.25) is 4.72 Å². The molecule has 2 aliphatic heterocycles. The predicted molar refractivity (Wildman–Crippen MR) is 126 cm³/mol. The van der Waals surface area contributed by atoms with E-state index in [-0.39, 0.29) is 6.54 Å². The summed E-state index contributed by atoms with van der Waals surface area (Å²) in [4.78, 5) is 5.86. The fourth-order valence-electron chi connectivity index (χ4n) is 4.34. The minimum absolute atomic E-state index is 0.250. The maximum Gasteiger partial charge on any atom is 0.416 e. The van der Waals surface area contributed by atoms with Crippen molar-refractivity contribution in [1.29, 1.82) is 0 Å². The molecule has 9 heteroatoms. The number of benzene rings is 2. The molecule has 0 spiro atoms. The molecule has 4 nitrogen and oxygen atoms in total. The van der Waals surface area contributed by atoms with Gasteiger partial charge in [0, 0.05) is 22.9 Å². The zero-order chi connectivity index (χ0) is 22.7. The average molecular weight is 484 g/mol. The largest absolute Gasteiger partial charge is 0.416 e. The van der Waals surface area contributed by atoms with Crippen molar-refractivity contribution in [3.63, 3.8) is 0 Å². The molecule has 2 N–H and O–H groups in total. The van der Waals surface area contributed by atoms with Crippen molar-refractivity contribution in [3.05, 3.63) is 48.0 Å². The number of fused-ring (bicyclic) bond motifs is 2. The Morgan fingerprint density at radius 3 is 2.53 bits per heavy atom. The molecule has 2 aromatic rings. The first-order chi connectivity index (χ1) is 15.3. The standard InChI is InChI=1S/C23H28F3N3OS2/c1-31-27-13-16-8-10-28(11-9-16)14-18(30)15-29-19-4-2-3-5-21(19)32-22-7-6-17(12-20(22)29)23(24,25)26/h2-7,12,16,18,27,30H,8-11,13-15H2,1H3. The van der Waals surface area contributed by atoms with Gasteiger partial charge in [-0.25, -0.2) is 0 Å². The maximum atomic E-state index is 13.4. The van der Waals surface area contributed by atoms with Crippen LogP contribution in [0.3, 0.4) is 0 Å². The molecular weight excluding hydrogens is 455 g/mol. The number of nitrogens with zero attached hydrogens (tertiary/aromatic N) is 2. The third-order valence-corrected chi connectivity index (χ3v) is 7.62. The number of halogens is 3. The highest BCUT2D eigenvalue weighted by Gasteiger charge is 2.34. The minimum atomic E-state index is -4.41. The topological polar surface area (TPSA) is 38.7 Å². The molecule has 2 heterocycles. The highest BCUT2D eigenvalue weighted by Crippen LogP contribution is 2.49. The zero-order valence-corrected chi connectivity index (χ0v) is 19.6. The molecule has 1 unspecified atom stereocenters. The second-order valence-electron chi connectivity index (χ2n) is 8.31. The van der Waals surface area contributed by atoms with Gasteiger partial charge in [-0.15, -0.1) is 0 Å². The van der Waals surface area contributed by atoms with Gasteiger partial charge in [-0.2, -0.15) is 13.2 Å². The zero-order valence-electron chi connectivity index (χ0n) is 17.9. The number of alkyl halides is 3. The Kier molecular flexibility index (Phi) is 7.62. The molecule has 2 aromatic carbocycles. The van der Waals surface area contributed by atoms with Crippen molar-refractivity contribution in [2.75, 3.05) is 43.9 Å². The Balaban J connectivity index is 1.48. The Labute approximate surface area is 195 Å². The van der Waals surface area contributed by atoms with Crippen molar-refractivity contribution in [2.45, 2.75) is 34.9 Å². The van der Waals surface area contributed by atoms with Gasteiger partial charge in [0.1, 0.15) is 0 Å². The van der Waals surface area contributed by atoms with Gasteiger partial charge >= 0.3 is 6.18 Å². The maximum absolute atomic E-state index is 13.4. The molecule has 0 bridgehead atoms. The highest BCUT2D eigenvalue weighted by molar-refractivity contribution is 7.99. The lowest BCUT2D eigenvalue weighted by Gasteiger charge is -2.37. The number of nitrogens with one attached hydrogen (secondary N) is 1. The van der Waals surface area contributed by atoms with E-state index in [1.165, 1.54) is 23.9 Å². The Hall–Kier alpha value is -1.39. The Bertz CT molecular complexity index is 920. The van der Waals surface area contributed by atoms with Crippen LogP contribution in [-0.4, -0.2) is 55.1 Å². The van der Waals surface area contributed by atoms with Crippen molar-refractivity contribution in [2.24, 2.45) is 5.92 Å². The summed E-state index contributed by atoms with van der Waals surface area (Å²) >= 11 is 3.10. The monoisotopic (exact) mass is 483 g/mol. The number of anilines is 2. The van der Waals surface area contributed by atoms with Crippen molar-refractivity contribution < 1.29 is 18.3 Å². The van der Waals surface area contributed by atoms with E-state index < -0.39 is 17.8 Å². The van der Waals surface area contributed by atoms with Gasteiger partial charge in [-0.1, -0.05) is 35.8 Å². The molecule has 2 aliphatic rings. The summed E-state index contributed by atoms with van der Waals surface area (Å²) in [6.07, 6.45) is -0.883. The molecule has 0 amide bonds. The van der Waals surface area contributed by atoms with Crippen LogP contribution >= 0.6 is 23.7 Å². The first kappa shape index (κ1) is 23.8. The fourth-order valence-corrected chi connectivity index (χ4v) is 5.82. The quantitative estimate of drug-likeness (QED) is 0.524. The van der Waals surface area contributed by atoms with Crippen molar-refractivity contribution >= 4 is 35.1 Å². The molecule has 4 rings (SSSR count). The molecule has 0 aromatic heterocycles. The van der Waals surface area contributed by atoms with E-state index in [2.05, 4.69) is 9.62 Å². The first-order valence-corrected chi connectivity index (χ1v) is 12.8. The van der Waals surface area contributed by atoms with Crippen LogP contribution in [0.25, 0.3) is 0 Å². The van der Waals surface area contributed by atoms with E-state index in [0.717, 1.165) is 54.0 Å². The summed E-state index contributed by atoms with van der Waals surface area (Å²) in [5.41, 5.74) is 0.672. The molecule has 32 heavy (non-hydrogen) atoms. The van der Waals surface area contributed by atoms with Crippen LogP contribution in [0.2, 0.25) is 0 Å². The fraction of sp³-hybridized carbons (Fsp3) is 0.478. The van der Waals surface area contributed by atoms with Crippen LogP contribution in [0.1, 0.15) is 18.4 Å². The summed E-state index contributed by atoms with van der Waals surface area (Å²) in [6.45, 7) is 3.62. The van der Waals surface area contributed by atoms with Gasteiger partial charge in [0.25, 0.3) is 0 Å². The molecule has 174 valence electrons. The number of para-hydroxylation sites is 1. The summed E-state index contributed by atoms with van der Waals surface area (Å²) in [6, 6.07) is 11.5. The number of β-amino-alcohol motifs (C(OH)–C–C–N with tert-alkyl or cyclic N) is 1. The number of piperidine rings is 1. The lowest BCUT2D eigenvalue weighted by Crippen LogP contribution is -2.43. The smallest absolute Gasteiger partial charge is 0.390 e. The van der Waals surface area contributed by atoms with E-state index in [0.29, 0.717) is 18.2 Å². The lowest BCUT2D eigenvalue weighted by molar-refractivity contribution is -0.137. The van der Waals surface area contributed by atoms with Crippen LogP contribution in [0.15, 0.2) is 52.3 Å². The predicted octanol–water partition coefficient (Wildman–Crippen LogP) is 5.25. The summed E-state index contributed by atoms with van der Waals surface area (Å²) in [7, 11) is 0. The third-order valence-electron chi connectivity index (χ3n) is 6.04. The Morgan fingerprint density at radius 1 is 1.09 bits per heavy atom. The number of likely N-dealkylation sites (tertiary alicyclic amines) is 1. The molecule has 0 saturated carbocycles. The van der Waals surface area contributed by atoms with Gasteiger partial charge in [-0.05, 0) is 68.4 Å². The number of aliphatic hydroxyl groups excluding tert-OH is 1. The van der Waals surface area contributed by atoms with Crippen LogP contribution in [-0.2, 0) is 6.18 Å². The van der Waals surface area contributed by atoms with E-state index in [9.17, 15) is 18.3 Å². The highest BCUT2D eigenvalue weighted by atomic mass is 32.2. The average Bonchev–Trinajstić information content (AvgIpc) is 2.77. The molecule has 1 fully saturated rings. The van der Waals surface area contributed by atoms with E-state index >= 15 is 0 Å². The second kappa shape index (κ2) is 10.3. The van der Waals surface area contributed by atoms with Gasteiger partial charge in [0.05, 0.1) is 29.6 Å². The molecule has 0 aliphatic carbocycles. The summed E-state index contributed by atoms with van der Waals surface area (Å²) < 4.78 is 43.4. The van der Waals surface area contributed by atoms with Crippen LogP contribution in [0.4, 0.5) is 24.5 Å². The molecule has 1 saturated heterocycles. The first-order valence-electron chi connectivity index (χ1n) is 10.8. The summed E-state index contributed by atoms with van der Waals surface area (Å²) in [5, 5.41) is 10.9.